The molecule has 0 atom stereocenters. The standard InChI is InChI=1S/C27H35NO6/c1-7-13-20(25(29)32-8-2)16-19-14-11-12-15-21(19)24-22(26(30)33-9-3)17(5)28-18(6)23(24)27(31)34-10-4/h11-12,14-16,24,28H,7-10,13H2,1-6H3. The van der Waals surface area contributed by atoms with Crippen molar-refractivity contribution in [2.45, 2.75) is 60.3 Å². The van der Waals surface area contributed by atoms with Gasteiger partial charge in [0.05, 0.1) is 36.9 Å². The molecule has 0 bridgehead atoms. The first kappa shape index (κ1) is 26.9. The predicted octanol–water partition coefficient (Wildman–Crippen LogP) is 4.79. The van der Waals surface area contributed by atoms with E-state index < -0.39 is 17.9 Å². The third-order valence-electron chi connectivity index (χ3n) is 5.44. The molecular formula is C27H35NO6. The Balaban J connectivity index is 2.78. The normalized spacial score (nSPS) is 14.6. The largest absolute Gasteiger partial charge is 0.463 e. The van der Waals surface area contributed by atoms with Crippen LogP contribution >= 0.6 is 0 Å². The first-order chi connectivity index (χ1) is 16.3. The van der Waals surface area contributed by atoms with E-state index in [9.17, 15) is 14.4 Å². The van der Waals surface area contributed by atoms with Crippen molar-refractivity contribution < 1.29 is 28.6 Å². The van der Waals surface area contributed by atoms with Crippen molar-refractivity contribution in [1.29, 1.82) is 0 Å². The van der Waals surface area contributed by atoms with Gasteiger partial charge in [-0.1, -0.05) is 37.6 Å². The first-order valence-corrected chi connectivity index (χ1v) is 11.8. The van der Waals surface area contributed by atoms with Crippen molar-refractivity contribution >= 4 is 24.0 Å². The second kappa shape index (κ2) is 12.8. The van der Waals surface area contributed by atoms with Gasteiger partial charge in [0.25, 0.3) is 0 Å². The molecule has 1 aliphatic heterocycles. The lowest BCUT2D eigenvalue weighted by Crippen LogP contribution is -2.32. The van der Waals surface area contributed by atoms with Crippen molar-refractivity contribution in [3.8, 4) is 0 Å². The smallest absolute Gasteiger partial charge is 0.336 e. The van der Waals surface area contributed by atoms with Gasteiger partial charge in [-0.15, -0.1) is 0 Å². The molecule has 0 fully saturated rings. The second-order valence-electron chi connectivity index (χ2n) is 7.85. The number of hydrogen-bond acceptors (Lipinski definition) is 7. The van der Waals surface area contributed by atoms with Crippen LogP contribution < -0.4 is 5.32 Å². The summed E-state index contributed by atoms with van der Waals surface area (Å²) >= 11 is 0. The summed E-state index contributed by atoms with van der Waals surface area (Å²) in [5.41, 5.74) is 3.83. The van der Waals surface area contributed by atoms with E-state index in [2.05, 4.69) is 5.32 Å². The van der Waals surface area contributed by atoms with E-state index in [4.69, 9.17) is 14.2 Å². The monoisotopic (exact) mass is 469 g/mol. The number of esters is 3. The summed E-state index contributed by atoms with van der Waals surface area (Å²) in [4.78, 5) is 38.7. The van der Waals surface area contributed by atoms with Crippen LogP contribution in [0.4, 0.5) is 0 Å². The van der Waals surface area contributed by atoms with Crippen molar-refractivity contribution in [1.82, 2.24) is 5.32 Å². The minimum Gasteiger partial charge on any atom is -0.463 e. The zero-order chi connectivity index (χ0) is 25.3. The maximum atomic E-state index is 13.1. The van der Waals surface area contributed by atoms with Crippen molar-refractivity contribution in [3.63, 3.8) is 0 Å². The third-order valence-corrected chi connectivity index (χ3v) is 5.44. The lowest BCUT2D eigenvalue weighted by Gasteiger charge is -2.31. The highest BCUT2D eigenvalue weighted by molar-refractivity contribution is 6.00. The van der Waals surface area contributed by atoms with Gasteiger partial charge in [0.2, 0.25) is 0 Å². The average molecular weight is 470 g/mol. The first-order valence-electron chi connectivity index (χ1n) is 11.8. The van der Waals surface area contributed by atoms with Crippen LogP contribution in [-0.4, -0.2) is 37.7 Å². The fraction of sp³-hybridized carbons (Fsp3) is 0.444. The average Bonchev–Trinajstić information content (AvgIpc) is 2.79. The van der Waals surface area contributed by atoms with Crippen LogP contribution in [0, 0.1) is 0 Å². The molecule has 34 heavy (non-hydrogen) atoms. The zero-order valence-corrected chi connectivity index (χ0v) is 20.9. The Kier molecular flexibility index (Phi) is 10.1. The summed E-state index contributed by atoms with van der Waals surface area (Å²) in [6.45, 7) is 11.5. The van der Waals surface area contributed by atoms with Crippen LogP contribution in [0.2, 0.25) is 0 Å². The van der Waals surface area contributed by atoms with Crippen LogP contribution in [0.3, 0.4) is 0 Å². The molecule has 1 aromatic carbocycles. The number of benzene rings is 1. The quantitative estimate of drug-likeness (QED) is 0.299. The summed E-state index contributed by atoms with van der Waals surface area (Å²) in [6, 6.07) is 7.42. The highest BCUT2D eigenvalue weighted by Gasteiger charge is 2.38. The maximum Gasteiger partial charge on any atom is 0.336 e. The van der Waals surface area contributed by atoms with Crippen LogP contribution in [0.15, 0.2) is 52.4 Å². The van der Waals surface area contributed by atoms with Gasteiger partial charge in [0.1, 0.15) is 0 Å². The molecule has 7 heteroatoms. The van der Waals surface area contributed by atoms with E-state index in [1.54, 1.807) is 40.7 Å². The number of hydrogen-bond donors (Lipinski definition) is 1. The molecular weight excluding hydrogens is 434 g/mol. The minimum absolute atomic E-state index is 0.199. The molecule has 7 nitrogen and oxygen atoms in total. The highest BCUT2D eigenvalue weighted by Crippen LogP contribution is 2.41. The number of dihydropyridines is 1. The van der Waals surface area contributed by atoms with E-state index in [0.29, 0.717) is 40.1 Å². The molecule has 0 aliphatic carbocycles. The Morgan fingerprint density at radius 3 is 1.88 bits per heavy atom. The summed E-state index contributed by atoms with van der Waals surface area (Å²) in [5.74, 6) is -2.12. The van der Waals surface area contributed by atoms with E-state index in [0.717, 1.165) is 12.0 Å². The third kappa shape index (κ3) is 6.16. The number of carbonyl (C=O) groups is 3. The summed E-state index contributed by atoms with van der Waals surface area (Å²) in [6.07, 6.45) is 3.09. The summed E-state index contributed by atoms with van der Waals surface area (Å²) < 4.78 is 16.0. The van der Waals surface area contributed by atoms with Crippen LogP contribution in [0.1, 0.15) is 71.4 Å². The molecule has 0 spiro atoms. The number of carbonyl (C=O) groups excluding carboxylic acids is 3. The summed E-state index contributed by atoms with van der Waals surface area (Å²) in [7, 11) is 0. The molecule has 2 rings (SSSR count). The van der Waals surface area contributed by atoms with E-state index in [1.165, 1.54) is 0 Å². The van der Waals surface area contributed by atoms with Gasteiger partial charge in [0.15, 0.2) is 0 Å². The fourth-order valence-corrected chi connectivity index (χ4v) is 4.08. The molecule has 0 unspecified atom stereocenters. The molecule has 0 saturated heterocycles. The van der Waals surface area contributed by atoms with E-state index >= 15 is 0 Å². The molecule has 1 heterocycles. The van der Waals surface area contributed by atoms with Gasteiger partial charge in [-0.05, 0) is 58.2 Å². The Hall–Kier alpha value is -3.35. The molecule has 1 N–H and O–H groups in total. The van der Waals surface area contributed by atoms with Gasteiger partial charge < -0.3 is 19.5 Å². The van der Waals surface area contributed by atoms with Gasteiger partial charge in [0, 0.05) is 17.0 Å². The van der Waals surface area contributed by atoms with Gasteiger partial charge >= 0.3 is 17.9 Å². The molecule has 0 radical (unpaired) electrons. The molecule has 0 saturated carbocycles. The Morgan fingerprint density at radius 1 is 0.853 bits per heavy atom. The van der Waals surface area contributed by atoms with Gasteiger partial charge in [-0.3, -0.25) is 0 Å². The van der Waals surface area contributed by atoms with E-state index in [1.807, 2.05) is 31.2 Å². The minimum atomic E-state index is -0.725. The number of nitrogens with one attached hydrogen (secondary N) is 1. The lowest BCUT2D eigenvalue weighted by molar-refractivity contribution is -0.140. The molecule has 1 aliphatic rings. The number of allylic oxidation sites excluding steroid dienone is 2. The van der Waals surface area contributed by atoms with Crippen molar-refractivity contribution in [2.24, 2.45) is 0 Å². The lowest BCUT2D eigenvalue weighted by atomic mass is 9.78. The Bertz CT molecular complexity index is 978. The maximum absolute atomic E-state index is 13.1. The van der Waals surface area contributed by atoms with Gasteiger partial charge in [-0.2, -0.15) is 0 Å². The SMILES string of the molecule is CCCC(=Cc1ccccc1C1C(C(=O)OCC)=C(C)NC(C)=C1C(=O)OCC)C(=O)OCC. The van der Waals surface area contributed by atoms with Crippen molar-refractivity contribution in [3.05, 3.63) is 63.5 Å². The summed E-state index contributed by atoms with van der Waals surface area (Å²) in [5, 5.41) is 3.14. The predicted molar refractivity (Wildman–Crippen MR) is 131 cm³/mol. The highest BCUT2D eigenvalue weighted by atomic mass is 16.5. The van der Waals surface area contributed by atoms with Gasteiger partial charge in [-0.25, -0.2) is 14.4 Å². The molecule has 0 amide bonds. The number of rotatable bonds is 10. The number of ether oxygens (including phenoxy) is 3. The van der Waals surface area contributed by atoms with Crippen LogP contribution in [-0.2, 0) is 28.6 Å². The Labute approximate surface area is 201 Å². The topological polar surface area (TPSA) is 90.9 Å². The van der Waals surface area contributed by atoms with E-state index in [-0.39, 0.29) is 25.8 Å². The van der Waals surface area contributed by atoms with Crippen LogP contribution in [0.25, 0.3) is 6.08 Å². The molecule has 184 valence electrons. The molecule has 0 aromatic heterocycles. The van der Waals surface area contributed by atoms with Crippen LogP contribution in [0.5, 0.6) is 0 Å². The Morgan fingerprint density at radius 2 is 1.38 bits per heavy atom. The molecule has 1 aromatic rings. The second-order valence-corrected chi connectivity index (χ2v) is 7.85. The fourth-order valence-electron chi connectivity index (χ4n) is 4.08. The van der Waals surface area contributed by atoms with Crippen molar-refractivity contribution in [2.75, 3.05) is 19.8 Å². The zero-order valence-electron chi connectivity index (χ0n) is 20.9.